The number of rotatable bonds is 4. The molecule has 2 aromatic carbocycles. The first-order valence-electron chi connectivity index (χ1n) is 9.04. The van der Waals surface area contributed by atoms with Crippen LogP contribution >= 0.6 is 0 Å². The van der Waals surface area contributed by atoms with Gasteiger partial charge >= 0.3 is 5.69 Å². The van der Waals surface area contributed by atoms with Gasteiger partial charge < -0.3 is 9.64 Å². The van der Waals surface area contributed by atoms with Crippen LogP contribution in [0, 0.1) is 17.0 Å². The first-order valence-corrected chi connectivity index (χ1v) is 9.04. The number of nitro benzene ring substituents is 1. The summed E-state index contributed by atoms with van der Waals surface area (Å²) in [6.45, 7) is 2.95. The molecule has 6 nitrogen and oxygen atoms in total. The molecule has 1 aliphatic heterocycles. The van der Waals surface area contributed by atoms with Crippen molar-refractivity contribution in [2.45, 2.75) is 25.8 Å². The van der Waals surface area contributed by atoms with Gasteiger partial charge in [-0.1, -0.05) is 30.3 Å². The number of nitro groups is 1. The van der Waals surface area contributed by atoms with Gasteiger partial charge in [-0.25, -0.2) is 4.98 Å². The monoisotopic (exact) mass is 363 g/mol. The molecule has 1 saturated heterocycles. The van der Waals surface area contributed by atoms with E-state index in [1.54, 1.807) is 6.07 Å². The number of para-hydroxylation sites is 2. The van der Waals surface area contributed by atoms with E-state index in [0.29, 0.717) is 5.75 Å². The minimum absolute atomic E-state index is 0.00417. The quantitative estimate of drug-likeness (QED) is 0.492. The van der Waals surface area contributed by atoms with Crippen LogP contribution in [-0.2, 0) is 0 Å². The average molecular weight is 363 g/mol. The minimum atomic E-state index is -0.389. The highest BCUT2D eigenvalue weighted by Gasteiger charge is 2.32. The molecule has 2 heterocycles. The number of hydrogen-bond acceptors (Lipinski definition) is 5. The number of ether oxygens (including phenoxy) is 1. The fourth-order valence-electron chi connectivity index (χ4n) is 4.01. The number of fused-ring (bicyclic) bond motifs is 1. The predicted molar refractivity (Wildman–Crippen MR) is 105 cm³/mol. The van der Waals surface area contributed by atoms with Crippen LogP contribution in [0.25, 0.3) is 10.9 Å². The van der Waals surface area contributed by atoms with Gasteiger partial charge in [-0.3, -0.25) is 10.1 Å². The molecule has 1 fully saturated rings. The van der Waals surface area contributed by atoms with Gasteiger partial charge in [0.25, 0.3) is 0 Å². The van der Waals surface area contributed by atoms with E-state index in [1.165, 1.54) is 18.7 Å². The number of hydrogen-bond donors (Lipinski definition) is 0. The molecule has 1 aromatic heterocycles. The lowest BCUT2D eigenvalue weighted by atomic mass is 10.0. The molecular weight excluding hydrogens is 342 g/mol. The van der Waals surface area contributed by atoms with E-state index in [0.717, 1.165) is 41.7 Å². The van der Waals surface area contributed by atoms with Crippen molar-refractivity contribution in [3.05, 3.63) is 69.8 Å². The maximum Gasteiger partial charge on any atom is 0.311 e. The SMILES string of the molecule is COc1c(C2CCCN2c2cc(C)c3ccccc3n2)cccc1[N+](=O)[O-]. The molecule has 0 spiro atoms. The molecule has 138 valence electrons. The molecule has 4 rings (SSSR count). The Bertz CT molecular complexity index is 1020. The predicted octanol–water partition coefficient (Wildman–Crippen LogP) is 4.80. The van der Waals surface area contributed by atoms with E-state index < -0.39 is 0 Å². The van der Waals surface area contributed by atoms with Crippen molar-refractivity contribution < 1.29 is 9.66 Å². The number of aryl methyl sites for hydroxylation is 1. The van der Waals surface area contributed by atoms with Crippen molar-refractivity contribution in [1.82, 2.24) is 4.98 Å². The largest absolute Gasteiger partial charge is 0.490 e. The van der Waals surface area contributed by atoms with Crippen molar-refractivity contribution in [1.29, 1.82) is 0 Å². The summed E-state index contributed by atoms with van der Waals surface area (Å²) in [6.07, 6.45) is 1.91. The number of methoxy groups -OCH3 is 1. The van der Waals surface area contributed by atoms with Gasteiger partial charge in [-0.05, 0) is 37.5 Å². The highest BCUT2D eigenvalue weighted by molar-refractivity contribution is 5.84. The molecule has 3 aromatic rings. The maximum atomic E-state index is 11.4. The smallest absolute Gasteiger partial charge is 0.311 e. The second-order valence-corrected chi connectivity index (χ2v) is 6.82. The molecule has 1 aliphatic rings. The summed E-state index contributed by atoms with van der Waals surface area (Å²) in [7, 11) is 1.49. The Balaban J connectivity index is 1.80. The van der Waals surface area contributed by atoms with Crippen LogP contribution in [0.3, 0.4) is 0 Å². The third-order valence-corrected chi connectivity index (χ3v) is 5.24. The summed E-state index contributed by atoms with van der Waals surface area (Å²) in [4.78, 5) is 18.1. The Morgan fingerprint density at radius 1 is 1.22 bits per heavy atom. The molecule has 27 heavy (non-hydrogen) atoms. The van der Waals surface area contributed by atoms with Crippen molar-refractivity contribution in [2.24, 2.45) is 0 Å². The number of anilines is 1. The van der Waals surface area contributed by atoms with Gasteiger partial charge in [0.05, 0.1) is 23.6 Å². The van der Waals surface area contributed by atoms with Crippen LogP contribution in [0.4, 0.5) is 11.5 Å². The summed E-state index contributed by atoms with van der Waals surface area (Å²) in [6, 6.07) is 15.3. The Morgan fingerprint density at radius 3 is 2.81 bits per heavy atom. The zero-order valence-electron chi connectivity index (χ0n) is 15.4. The molecule has 0 aliphatic carbocycles. The summed E-state index contributed by atoms with van der Waals surface area (Å²) < 4.78 is 5.44. The Morgan fingerprint density at radius 2 is 2.04 bits per heavy atom. The van der Waals surface area contributed by atoms with E-state index >= 15 is 0 Å². The standard InChI is InChI=1S/C21H21N3O3/c1-14-13-20(22-17-9-4-3-7-15(14)17)23-12-6-11-18(23)16-8-5-10-19(24(25)26)21(16)27-2/h3-5,7-10,13,18H,6,11-12H2,1-2H3. The fourth-order valence-corrected chi connectivity index (χ4v) is 4.01. The van der Waals surface area contributed by atoms with E-state index in [2.05, 4.69) is 24.0 Å². The summed E-state index contributed by atoms with van der Waals surface area (Å²) >= 11 is 0. The fraction of sp³-hybridized carbons (Fsp3) is 0.286. The maximum absolute atomic E-state index is 11.4. The molecule has 0 N–H and O–H groups in total. The third-order valence-electron chi connectivity index (χ3n) is 5.24. The van der Waals surface area contributed by atoms with E-state index in [-0.39, 0.29) is 16.7 Å². The van der Waals surface area contributed by atoms with E-state index in [9.17, 15) is 10.1 Å². The second kappa shape index (κ2) is 6.87. The molecule has 1 unspecified atom stereocenters. The molecule has 6 heteroatoms. The zero-order chi connectivity index (χ0) is 19.0. The Labute approximate surface area is 157 Å². The van der Waals surface area contributed by atoms with E-state index in [1.807, 2.05) is 24.3 Å². The van der Waals surface area contributed by atoms with Gasteiger partial charge in [-0.2, -0.15) is 0 Å². The summed E-state index contributed by atoms with van der Waals surface area (Å²) in [5.74, 6) is 1.25. The second-order valence-electron chi connectivity index (χ2n) is 6.82. The number of pyridine rings is 1. The third kappa shape index (κ3) is 2.97. The average Bonchev–Trinajstić information content (AvgIpc) is 3.17. The van der Waals surface area contributed by atoms with E-state index in [4.69, 9.17) is 9.72 Å². The summed E-state index contributed by atoms with van der Waals surface area (Å²) in [5.41, 5.74) is 2.98. The van der Waals surface area contributed by atoms with Crippen molar-refractivity contribution in [3.8, 4) is 5.75 Å². The van der Waals surface area contributed by atoms with Crippen molar-refractivity contribution in [3.63, 3.8) is 0 Å². The van der Waals surface area contributed by atoms with Crippen molar-refractivity contribution in [2.75, 3.05) is 18.6 Å². The number of aromatic nitrogens is 1. The molecule has 0 radical (unpaired) electrons. The topological polar surface area (TPSA) is 68.5 Å². The van der Waals surface area contributed by atoms with Gasteiger partial charge in [0, 0.05) is 23.6 Å². The van der Waals surface area contributed by atoms with Gasteiger partial charge in [0.2, 0.25) is 5.75 Å². The Kier molecular flexibility index (Phi) is 4.39. The zero-order valence-corrected chi connectivity index (χ0v) is 15.4. The molecule has 0 saturated carbocycles. The summed E-state index contributed by atoms with van der Waals surface area (Å²) in [5, 5.41) is 12.5. The van der Waals surface area contributed by atoms with Crippen LogP contribution in [0.5, 0.6) is 5.75 Å². The first kappa shape index (κ1) is 17.3. The van der Waals surface area contributed by atoms with Gasteiger partial charge in [0.1, 0.15) is 5.82 Å². The molecule has 0 amide bonds. The normalized spacial score (nSPS) is 16.7. The number of nitrogens with zero attached hydrogens (tertiary/aromatic N) is 3. The Hall–Kier alpha value is -3.15. The van der Waals surface area contributed by atoms with Crippen LogP contribution in [0.2, 0.25) is 0 Å². The molecule has 1 atom stereocenters. The first-order chi connectivity index (χ1) is 13.1. The molecular formula is C21H21N3O3. The molecule has 0 bridgehead atoms. The minimum Gasteiger partial charge on any atom is -0.490 e. The lowest BCUT2D eigenvalue weighted by molar-refractivity contribution is -0.385. The van der Waals surface area contributed by atoms with Crippen LogP contribution < -0.4 is 9.64 Å². The van der Waals surface area contributed by atoms with Gasteiger partial charge in [-0.15, -0.1) is 0 Å². The van der Waals surface area contributed by atoms with Gasteiger partial charge in [0.15, 0.2) is 0 Å². The van der Waals surface area contributed by atoms with Crippen LogP contribution in [0.15, 0.2) is 48.5 Å². The lowest BCUT2D eigenvalue weighted by Crippen LogP contribution is -2.24. The van der Waals surface area contributed by atoms with Crippen LogP contribution in [0.1, 0.15) is 30.0 Å². The highest BCUT2D eigenvalue weighted by Crippen LogP contribution is 2.43. The van der Waals surface area contributed by atoms with Crippen molar-refractivity contribution >= 4 is 22.4 Å². The van der Waals surface area contributed by atoms with Crippen LogP contribution in [-0.4, -0.2) is 23.6 Å². The number of benzene rings is 2. The lowest BCUT2D eigenvalue weighted by Gasteiger charge is -2.27. The highest BCUT2D eigenvalue weighted by atomic mass is 16.6.